The normalized spacial score (nSPS) is 10.6. The van der Waals surface area contributed by atoms with Crippen molar-refractivity contribution in [3.8, 4) is 5.75 Å². The van der Waals surface area contributed by atoms with Crippen molar-refractivity contribution in [2.45, 2.75) is 26.6 Å². The van der Waals surface area contributed by atoms with E-state index in [0.717, 1.165) is 11.1 Å². The highest BCUT2D eigenvalue weighted by Crippen LogP contribution is 2.10. The van der Waals surface area contributed by atoms with Crippen LogP contribution in [0.1, 0.15) is 28.5 Å². The van der Waals surface area contributed by atoms with Gasteiger partial charge in [-0.2, -0.15) is 5.10 Å². The number of rotatable bonds is 10. The Hall–Kier alpha value is -3.45. The quantitative estimate of drug-likeness (QED) is 0.559. The van der Waals surface area contributed by atoms with E-state index in [-0.39, 0.29) is 30.3 Å². The fraction of sp³-hybridized carbons (Fsp3) is 0.261. The number of nitrogens with one attached hydrogen (secondary N) is 1. The Labute approximate surface area is 175 Å². The molecule has 0 fully saturated rings. The van der Waals surface area contributed by atoms with Crippen molar-refractivity contribution in [2.75, 3.05) is 13.2 Å². The Kier molecular flexibility index (Phi) is 7.74. The first-order valence-corrected chi connectivity index (χ1v) is 9.86. The van der Waals surface area contributed by atoms with Gasteiger partial charge in [-0.05, 0) is 36.2 Å². The maximum Gasteiger partial charge on any atom is 0.271 e. The number of benzene rings is 2. The molecule has 1 N–H and O–H groups in total. The molecule has 7 nitrogen and oxygen atoms in total. The first-order chi connectivity index (χ1) is 14.7. The molecule has 3 aromatic rings. The summed E-state index contributed by atoms with van der Waals surface area (Å²) in [4.78, 5) is 24.6. The Morgan fingerprint density at radius 2 is 1.73 bits per heavy atom. The molecule has 30 heavy (non-hydrogen) atoms. The van der Waals surface area contributed by atoms with Crippen LogP contribution in [-0.4, -0.2) is 28.9 Å². The van der Waals surface area contributed by atoms with Gasteiger partial charge < -0.3 is 14.8 Å². The van der Waals surface area contributed by atoms with Gasteiger partial charge in [0.2, 0.25) is 0 Å². The van der Waals surface area contributed by atoms with E-state index in [2.05, 4.69) is 10.4 Å². The van der Waals surface area contributed by atoms with Crippen LogP contribution in [0, 0.1) is 0 Å². The first kappa shape index (κ1) is 21.3. The molecule has 156 valence electrons. The van der Waals surface area contributed by atoms with Crippen molar-refractivity contribution in [1.82, 2.24) is 15.1 Å². The molecule has 0 aliphatic carbocycles. The van der Waals surface area contributed by atoms with Gasteiger partial charge in [-0.1, -0.05) is 42.5 Å². The molecule has 0 saturated heterocycles. The van der Waals surface area contributed by atoms with E-state index in [0.29, 0.717) is 25.5 Å². The minimum atomic E-state index is -0.348. The monoisotopic (exact) mass is 407 g/mol. The highest BCUT2D eigenvalue weighted by Gasteiger charge is 2.11. The molecule has 0 bridgehead atoms. The zero-order valence-electron chi connectivity index (χ0n) is 16.9. The molecule has 0 unspecified atom stereocenters. The van der Waals surface area contributed by atoms with E-state index in [9.17, 15) is 9.59 Å². The average Bonchev–Trinajstić information content (AvgIpc) is 2.78. The lowest BCUT2D eigenvalue weighted by Crippen LogP contribution is -2.30. The Morgan fingerprint density at radius 1 is 1.00 bits per heavy atom. The summed E-state index contributed by atoms with van der Waals surface area (Å²) >= 11 is 0. The van der Waals surface area contributed by atoms with Crippen LogP contribution in [0.4, 0.5) is 0 Å². The van der Waals surface area contributed by atoms with Crippen molar-refractivity contribution in [2.24, 2.45) is 0 Å². The van der Waals surface area contributed by atoms with Gasteiger partial charge in [0.15, 0.2) is 0 Å². The zero-order chi connectivity index (χ0) is 21.2. The molecule has 0 radical (unpaired) electrons. The van der Waals surface area contributed by atoms with Gasteiger partial charge in [-0.25, -0.2) is 4.68 Å². The largest absolute Gasteiger partial charge is 0.492 e. The summed E-state index contributed by atoms with van der Waals surface area (Å²) in [6, 6.07) is 19.9. The molecule has 0 aliphatic rings. The number of para-hydroxylation sites is 1. The molecule has 2 aromatic carbocycles. The second-order valence-corrected chi connectivity index (χ2v) is 6.53. The predicted octanol–water partition coefficient (Wildman–Crippen LogP) is 2.79. The standard InChI is InChI=1S/C23H25N3O4/c1-2-29-17-19-9-7-6-8-18(19)16-24-23(28)21-12-13-22(27)26(25-21)14-15-30-20-10-4-3-5-11-20/h3-13H,2,14-17H2,1H3,(H,24,28). The molecule has 1 amide bonds. The molecule has 3 rings (SSSR count). The van der Waals surface area contributed by atoms with Gasteiger partial charge in [-0.15, -0.1) is 0 Å². The van der Waals surface area contributed by atoms with Crippen LogP contribution in [0.25, 0.3) is 0 Å². The molecule has 0 saturated carbocycles. The van der Waals surface area contributed by atoms with E-state index in [4.69, 9.17) is 9.47 Å². The smallest absolute Gasteiger partial charge is 0.271 e. The number of hydrogen-bond donors (Lipinski definition) is 1. The third kappa shape index (κ3) is 6.02. The van der Waals surface area contributed by atoms with Gasteiger partial charge in [0.1, 0.15) is 18.1 Å². The summed E-state index contributed by atoms with van der Waals surface area (Å²) in [7, 11) is 0. The molecule has 0 spiro atoms. The molecule has 7 heteroatoms. The summed E-state index contributed by atoms with van der Waals surface area (Å²) in [5, 5.41) is 7.03. The summed E-state index contributed by atoms with van der Waals surface area (Å²) in [5.41, 5.74) is 1.89. The number of carbonyl (C=O) groups excluding carboxylic acids is 1. The number of ether oxygens (including phenoxy) is 2. The zero-order valence-corrected chi connectivity index (χ0v) is 16.9. The molecule has 1 aromatic heterocycles. The number of hydrogen-bond acceptors (Lipinski definition) is 5. The molecule has 0 atom stereocenters. The topological polar surface area (TPSA) is 82.5 Å². The lowest BCUT2D eigenvalue weighted by molar-refractivity contribution is 0.0941. The van der Waals surface area contributed by atoms with Crippen LogP contribution < -0.4 is 15.6 Å². The second-order valence-electron chi connectivity index (χ2n) is 6.53. The lowest BCUT2D eigenvalue weighted by atomic mass is 10.1. The minimum Gasteiger partial charge on any atom is -0.492 e. The Balaban J connectivity index is 1.60. The third-order valence-corrected chi connectivity index (χ3v) is 4.43. The van der Waals surface area contributed by atoms with Crippen LogP contribution in [0.3, 0.4) is 0 Å². The van der Waals surface area contributed by atoms with Crippen molar-refractivity contribution in [3.05, 3.63) is 93.9 Å². The molecule has 0 aliphatic heterocycles. The van der Waals surface area contributed by atoms with Crippen LogP contribution in [0.15, 0.2) is 71.5 Å². The van der Waals surface area contributed by atoms with Crippen molar-refractivity contribution >= 4 is 5.91 Å². The number of carbonyl (C=O) groups is 1. The van der Waals surface area contributed by atoms with Crippen LogP contribution in [-0.2, 0) is 24.4 Å². The second kappa shape index (κ2) is 10.9. The Morgan fingerprint density at radius 3 is 2.50 bits per heavy atom. The maximum atomic E-state index is 12.6. The van der Waals surface area contributed by atoms with Gasteiger partial charge >= 0.3 is 0 Å². The number of nitrogens with zero attached hydrogens (tertiary/aromatic N) is 2. The van der Waals surface area contributed by atoms with E-state index in [1.54, 1.807) is 0 Å². The van der Waals surface area contributed by atoms with E-state index >= 15 is 0 Å². The van der Waals surface area contributed by atoms with Crippen molar-refractivity contribution in [3.63, 3.8) is 0 Å². The lowest BCUT2D eigenvalue weighted by Gasteiger charge is -2.11. The summed E-state index contributed by atoms with van der Waals surface area (Å²) < 4.78 is 12.3. The number of amides is 1. The minimum absolute atomic E-state index is 0.177. The molecule has 1 heterocycles. The highest BCUT2D eigenvalue weighted by molar-refractivity contribution is 5.91. The fourth-order valence-corrected chi connectivity index (χ4v) is 2.85. The van der Waals surface area contributed by atoms with Gasteiger partial charge in [0, 0.05) is 19.2 Å². The van der Waals surface area contributed by atoms with Gasteiger partial charge in [0.05, 0.1) is 13.2 Å². The SMILES string of the molecule is CCOCc1ccccc1CNC(=O)c1ccc(=O)n(CCOc2ccccc2)n1. The first-order valence-electron chi connectivity index (χ1n) is 9.86. The summed E-state index contributed by atoms with van der Waals surface area (Å²) in [6.45, 7) is 3.92. The fourth-order valence-electron chi connectivity index (χ4n) is 2.85. The molecular formula is C23H25N3O4. The third-order valence-electron chi connectivity index (χ3n) is 4.43. The maximum absolute atomic E-state index is 12.6. The number of aromatic nitrogens is 2. The Bertz CT molecular complexity index is 1020. The predicted molar refractivity (Wildman–Crippen MR) is 113 cm³/mol. The van der Waals surface area contributed by atoms with Crippen LogP contribution in [0.5, 0.6) is 5.75 Å². The van der Waals surface area contributed by atoms with E-state index in [1.165, 1.54) is 16.8 Å². The van der Waals surface area contributed by atoms with E-state index < -0.39 is 0 Å². The van der Waals surface area contributed by atoms with Crippen molar-refractivity contribution in [1.29, 1.82) is 0 Å². The van der Waals surface area contributed by atoms with Gasteiger partial charge in [0.25, 0.3) is 11.5 Å². The van der Waals surface area contributed by atoms with Crippen LogP contribution in [0.2, 0.25) is 0 Å². The summed E-state index contributed by atoms with van der Waals surface area (Å²) in [5.74, 6) is 0.365. The molecular weight excluding hydrogens is 382 g/mol. The van der Waals surface area contributed by atoms with E-state index in [1.807, 2.05) is 61.5 Å². The van der Waals surface area contributed by atoms with Gasteiger partial charge in [-0.3, -0.25) is 9.59 Å². The average molecular weight is 407 g/mol. The van der Waals surface area contributed by atoms with Crippen molar-refractivity contribution < 1.29 is 14.3 Å². The highest BCUT2D eigenvalue weighted by atomic mass is 16.5. The van der Waals surface area contributed by atoms with Crippen LogP contribution >= 0.6 is 0 Å². The summed E-state index contributed by atoms with van der Waals surface area (Å²) in [6.07, 6.45) is 0.